The number of rotatable bonds is 4. The van der Waals surface area contributed by atoms with Gasteiger partial charge >= 0.3 is 5.97 Å². The molecule has 5 nitrogen and oxygen atoms in total. The number of fused-ring (bicyclic) bond motifs is 5. The number of aliphatic hydroxyl groups is 3. The van der Waals surface area contributed by atoms with Gasteiger partial charge in [-0.15, -0.1) is 0 Å². The van der Waals surface area contributed by atoms with Crippen molar-refractivity contribution in [1.82, 2.24) is 0 Å². The molecule has 4 fully saturated rings. The second kappa shape index (κ2) is 7.49. The molecule has 4 rings (SSSR count). The van der Waals surface area contributed by atoms with Gasteiger partial charge in [-0.1, -0.05) is 20.8 Å². The first-order chi connectivity index (χ1) is 13.6. The van der Waals surface area contributed by atoms with E-state index in [1.165, 1.54) is 0 Å². The van der Waals surface area contributed by atoms with Crippen molar-refractivity contribution in [2.24, 2.45) is 46.3 Å². The number of carboxylic acid groups (broad SMARTS) is 1. The monoisotopic (exact) mass is 408 g/mol. The van der Waals surface area contributed by atoms with E-state index in [0.717, 1.165) is 44.9 Å². The molecule has 4 aliphatic rings. The van der Waals surface area contributed by atoms with Crippen LogP contribution in [0.2, 0.25) is 0 Å². The molecule has 0 aromatic carbocycles. The fourth-order valence-corrected chi connectivity index (χ4v) is 8.68. The van der Waals surface area contributed by atoms with Gasteiger partial charge < -0.3 is 20.4 Å². The van der Waals surface area contributed by atoms with Crippen molar-refractivity contribution in [3.63, 3.8) is 0 Å². The van der Waals surface area contributed by atoms with Crippen LogP contribution in [0, 0.1) is 46.3 Å². The molecule has 5 heteroatoms. The van der Waals surface area contributed by atoms with E-state index >= 15 is 0 Å². The lowest BCUT2D eigenvalue weighted by Gasteiger charge is -2.63. The first kappa shape index (κ1) is 21.6. The maximum atomic E-state index is 11.5. The van der Waals surface area contributed by atoms with Crippen LogP contribution in [0.15, 0.2) is 0 Å². The summed E-state index contributed by atoms with van der Waals surface area (Å²) in [7, 11) is 0. The molecule has 0 bridgehead atoms. The number of hydrogen-bond donors (Lipinski definition) is 4. The van der Waals surface area contributed by atoms with Gasteiger partial charge in [0.1, 0.15) is 0 Å². The van der Waals surface area contributed by atoms with Gasteiger partial charge in [-0.25, -0.2) is 0 Å². The van der Waals surface area contributed by atoms with E-state index < -0.39 is 12.1 Å². The molecule has 0 heterocycles. The Kier molecular flexibility index (Phi) is 5.57. The summed E-state index contributed by atoms with van der Waals surface area (Å²) < 4.78 is 0. The molecule has 0 radical (unpaired) electrons. The highest BCUT2D eigenvalue weighted by molar-refractivity contribution is 5.66. The molecular weight excluding hydrogens is 368 g/mol. The average molecular weight is 409 g/mol. The topological polar surface area (TPSA) is 98.0 Å². The number of aliphatic hydroxyl groups excluding tert-OH is 3. The van der Waals surface area contributed by atoms with Gasteiger partial charge in [0, 0.05) is 6.42 Å². The Bertz CT molecular complexity index is 637. The van der Waals surface area contributed by atoms with Crippen LogP contribution in [0.3, 0.4) is 0 Å². The minimum absolute atomic E-state index is 0.0957. The highest BCUT2D eigenvalue weighted by Gasteiger charge is 2.65. The van der Waals surface area contributed by atoms with E-state index in [-0.39, 0.29) is 41.3 Å². The summed E-state index contributed by atoms with van der Waals surface area (Å²) >= 11 is 0. The maximum Gasteiger partial charge on any atom is 0.303 e. The van der Waals surface area contributed by atoms with Gasteiger partial charge in [-0.2, -0.15) is 0 Å². The van der Waals surface area contributed by atoms with Crippen LogP contribution >= 0.6 is 0 Å². The van der Waals surface area contributed by atoms with Crippen molar-refractivity contribution in [2.45, 2.75) is 96.9 Å². The molecule has 0 aromatic rings. The second-order valence-electron chi connectivity index (χ2n) is 11.4. The van der Waals surface area contributed by atoms with Crippen LogP contribution in [0.25, 0.3) is 0 Å². The number of hydrogen-bond acceptors (Lipinski definition) is 4. The van der Waals surface area contributed by atoms with E-state index in [1.54, 1.807) is 0 Å². The maximum absolute atomic E-state index is 11.5. The van der Waals surface area contributed by atoms with Gasteiger partial charge in [0.05, 0.1) is 18.3 Å². The highest BCUT2D eigenvalue weighted by atomic mass is 16.4. The summed E-state index contributed by atoms with van der Waals surface area (Å²) in [5.74, 6) is 0.997. The zero-order valence-corrected chi connectivity index (χ0v) is 18.3. The van der Waals surface area contributed by atoms with Crippen molar-refractivity contribution in [1.29, 1.82) is 0 Å². The molecule has 0 amide bonds. The number of carbonyl (C=O) groups is 1. The molecule has 0 aromatic heterocycles. The Morgan fingerprint density at radius 2 is 1.76 bits per heavy atom. The van der Waals surface area contributed by atoms with E-state index in [9.17, 15) is 20.1 Å². The summed E-state index contributed by atoms with van der Waals surface area (Å²) in [5.41, 5.74) is -0.143. The molecule has 0 saturated heterocycles. The van der Waals surface area contributed by atoms with Gasteiger partial charge in [0.25, 0.3) is 0 Å². The molecular formula is C24H40O5. The second-order valence-corrected chi connectivity index (χ2v) is 11.4. The molecule has 0 unspecified atom stereocenters. The molecule has 11 atom stereocenters. The Hall–Kier alpha value is -0.650. The average Bonchev–Trinajstić information content (AvgIpc) is 3.01. The lowest BCUT2D eigenvalue weighted by atomic mass is 9.43. The summed E-state index contributed by atoms with van der Waals surface area (Å²) in [6.45, 7) is 6.72. The van der Waals surface area contributed by atoms with Crippen LogP contribution in [0.4, 0.5) is 0 Å². The smallest absolute Gasteiger partial charge is 0.303 e. The number of carboxylic acids is 1. The van der Waals surface area contributed by atoms with Crippen molar-refractivity contribution >= 4 is 5.97 Å². The molecule has 4 aliphatic carbocycles. The van der Waals surface area contributed by atoms with E-state index in [0.29, 0.717) is 30.1 Å². The summed E-state index contributed by atoms with van der Waals surface area (Å²) in [4.78, 5) is 11.1. The van der Waals surface area contributed by atoms with Gasteiger partial charge in [0.2, 0.25) is 0 Å². The minimum atomic E-state index is -0.748. The van der Waals surface area contributed by atoms with Crippen molar-refractivity contribution in [2.75, 3.05) is 0 Å². The largest absolute Gasteiger partial charge is 0.481 e. The van der Waals surface area contributed by atoms with E-state index in [4.69, 9.17) is 5.11 Å². The Balaban J connectivity index is 1.61. The SMILES string of the molecule is C[C@H](CCC(=O)O)[C@@H]1CC[C@@H]2[C@H]3[C@H](O)C[C@H]4C[C@@H](O)CC[C@]4(C)[C@@H]3C[C@@H](O)[C@@]21C. The van der Waals surface area contributed by atoms with Crippen LogP contribution in [-0.4, -0.2) is 44.7 Å². The van der Waals surface area contributed by atoms with Gasteiger partial charge in [-0.05, 0) is 97.7 Å². The molecule has 4 saturated carbocycles. The van der Waals surface area contributed by atoms with E-state index in [2.05, 4.69) is 20.8 Å². The first-order valence-corrected chi connectivity index (χ1v) is 11.8. The highest BCUT2D eigenvalue weighted by Crippen LogP contribution is 2.68. The van der Waals surface area contributed by atoms with Crippen LogP contribution in [0.5, 0.6) is 0 Å². The zero-order valence-electron chi connectivity index (χ0n) is 18.3. The fourth-order valence-electron chi connectivity index (χ4n) is 8.68. The molecule has 4 N–H and O–H groups in total. The zero-order chi connectivity index (χ0) is 21.1. The van der Waals surface area contributed by atoms with Crippen LogP contribution < -0.4 is 0 Å². The normalized spacial score (nSPS) is 52.9. The minimum Gasteiger partial charge on any atom is -0.481 e. The third-order valence-corrected chi connectivity index (χ3v) is 10.3. The predicted octanol–water partition coefficient (Wildman–Crippen LogP) is 3.45. The van der Waals surface area contributed by atoms with Crippen LogP contribution in [-0.2, 0) is 4.79 Å². The Labute approximate surface area is 174 Å². The summed E-state index contributed by atoms with van der Waals surface area (Å²) in [6.07, 6.45) is 6.00. The Morgan fingerprint density at radius 1 is 1.03 bits per heavy atom. The quantitative estimate of drug-likeness (QED) is 0.571. The first-order valence-electron chi connectivity index (χ1n) is 11.8. The lowest BCUT2D eigenvalue weighted by molar-refractivity contribution is -0.207. The summed E-state index contributed by atoms with van der Waals surface area (Å²) in [5, 5.41) is 42.0. The van der Waals surface area contributed by atoms with Gasteiger partial charge in [0.15, 0.2) is 0 Å². The fraction of sp³-hybridized carbons (Fsp3) is 0.958. The summed E-state index contributed by atoms with van der Waals surface area (Å²) in [6, 6.07) is 0. The van der Waals surface area contributed by atoms with Gasteiger partial charge in [-0.3, -0.25) is 4.79 Å². The predicted molar refractivity (Wildman–Crippen MR) is 110 cm³/mol. The molecule has 0 spiro atoms. The van der Waals surface area contributed by atoms with Crippen molar-refractivity contribution < 1.29 is 25.2 Å². The van der Waals surface area contributed by atoms with Crippen molar-refractivity contribution in [3.05, 3.63) is 0 Å². The van der Waals surface area contributed by atoms with Crippen LogP contribution in [0.1, 0.15) is 78.6 Å². The van der Waals surface area contributed by atoms with Crippen molar-refractivity contribution in [3.8, 4) is 0 Å². The molecule has 29 heavy (non-hydrogen) atoms. The Morgan fingerprint density at radius 3 is 2.45 bits per heavy atom. The molecule has 166 valence electrons. The number of aliphatic carboxylic acids is 1. The van der Waals surface area contributed by atoms with E-state index in [1.807, 2.05) is 0 Å². The third kappa shape index (κ3) is 3.27. The molecule has 0 aliphatic heterocycles. The lowest BCUT2D eigenvalue weighted by Crippen LogP contribution is -2.62. The third-order valence-electron chi connectivity index (χ3n) is 10.3. The standard InChI is InChI=1S/C24H40O5/c1-13(4-7-21(28)29)16-5-6-17-22-18(12-20(27)24(16,17)3)23(2)9-8-15(25)10-14(23)11-19(22)26/h13-20,22,25-27H,4-12H2,1-3H3,(H,28,29)/t13-,14-,15+,16+,17-,18-,19-,20-,22-,23+,24-/m1/s1.